The highest BCUT2D eigenvalue weighted by atomic mass is 35.5. The monoisotopic (exact) mass is 231 g/mol. The lowest BCUT2D eigenvalue weighted by molar-refractivity contribution is -0.145. The van der Waals surface area contributed by atoms with E-state index < -0.39 is 0 Å². The fourth-order valence-corrected chi connectivity index (χ4v) is 0.909. The van der Waals surface area contributed by atoms with Gasteiger partial charge in [-0.1, -0.05) is 0 Å². The Morgan fingerprint density at radius 2 is 1.93 bits per heavy atom. The molecule has 0 spiro atoms. The van der Waals surface area contributed by atoms with Crippen molar-refractivity contribution in [2.75, 3.05) is 18.9 Å². The van der Waals surface area contributed by atoms with Gasteiger partial charge in [-0.15, -0.1) is 12.4 Å². The lowest BCUT2D eigenvalue weighted by Crippen LogP contribution is -2.14. The molecule has 1 aromatic rings. The van der Waals surface area contributed by atoms with E-state index in [1.54, 1.807) is 31.2 Å². The van der Waals surface area contributed by atoms with Crippen LogP contribution in [0.15, 0.2) is 24.3 Å². The first-order valence-electron chi connectivity index (χ1n) is 4.36. The van der Waals surface area contributed by atoms with E-state index in [1.165, 1.54) is 0 Å². The standard InChI is InChI=1S/C10H13NO3.ClH/c1-2-13-10(12)7-14-9-5-3-8(11)4-6-9;/h3-6H,2,7,11H2,1H3;1H. The van der Waals surface area contributed by atoms with E-state index in [0.717, 1.165) is 0 Å². The molecule has 5 heteroatoms. The van der Waals surface area contributed by atoms with Crippen molar-refractivity contribution in [1.29, 1.82) is 0 Å². The zero-order valence-corrected chi connectivity index (χ0v) is 9.25. The summed E-state index contributed by atoms with van der Waals surface area (Å²) >= 11 is 0. The molecule has 0 unspecified atom stereocenters. The highest BCUT2D eigenvalue weighted by molar-refractivity contribution is 5.85. The average molecular weight is 232 g/mol. The molecule has 0 saturated heterocycles. The number of esters is 1. The Morgan fingerprint density at radius 3 is 2.47 bits per heavy atom. The molecule has 0 radical (unpaired) electrons. The van der Waals surface area contributed by atoms with E-state index in [9.17, 15) is 4.79 Å². The summed E-state index contributed by atoms with van der Waals surface area (Å²) in [6, 6.07) is 6.82. The number of carbonyl (C=O) groups excluding carboxylic acids is 1. The smallest absolute Gasteiger partial charge is 0.344 e. The number of hydrogen-bond donors (Lipinski definition) is 1. The van der Waals surface area contributed by atoms with E-state index in [2.05, 4.69) is 0 Å². The molecule has 0 atom stereocenters. The summed E-state index contributed by atoms with van der Waals surface area (Å²) in [4.78, 5) is 10.9. The quantitative estimate of drug-likeness (QED) is 0.632. The molecule has 4 nitrogen and oxygen atoms in total. The predicted octanol–water partition coefficient (Wildman–Crippen LogP) is 1.63. The third kappa shape index (κ3) is 5.12. The van der Waals surface area contributed by atoms with Crippen molar-refractivity contribution in [2.24, 2.45) is 0 Å². The van der Waals surface area contributed by atoms with E-state index in [0.29, 0.717) is 18.0 Å². The van der Waals surface area contributed by atoms with Crippen LogP contribution in [0.4, 0.5) is 5.69 Å². The maximum atomic E-state index is 10.9. The largest absolute Gasteiger partial charge is 0.482 e. The summed E-state index contributed by atoms with van der Waals surface area (Å²) in [5, 5.41) is 0. The van der Waals surface area contributed by atoms with Gasteiger partial charge in [-0.05, 0) is 31.2 Å². The Bertz CT molecular complexity index is 300. The number of ether oxygens (including phenoxy) is 2. The summed E-state index contributed by atoms with van der Waals surface area (Å²) in [6.45, 7) is 2.04. The van der Waals surface area contributed by atoms with Gasteiger partial charge in [-0.25, -0.2) is 4.79 Å². The molecule has 0 aliphatic heterocycles. The number of anilines is 1. The summed E-state index contributed by atoms with van der Waals surface area (Å²) in [5.74, 6) is 0.233. The normalized spacial score (nSPS) is 8.87. The minimum Gasteiger partial charge on any atom is -0.482 e. The first-order chi connectivity index (χ1) is 6.72. The maximum absolute atomic E-state index is 10.9. The minimum atomic E-state index is -0.371. The zero-order chi connectivity index (χ0) is 10.4. The number of nitrogen functional groups attached to an aromatic ring is 1. The summed E-state index contributed by atoms with van der Waals surface area (Å²) in [7, 11) is 0. The molecular weight excluding hydrogens is 218 g/mol. The van der Waals surface area contributed by atoms with Gasteiger partial charge in [-0.2, -0.15) is 0 Å². The fourth-order valence-electron chi connectivity index (χ4n) is 0.909. The Kier molecular flexibility index (Phi) is 6.29. The fraction of sp³-hybridized carbons (Fsp3) is 0.300. The molecule has 1 rings (SSSR count). The third-order valence-electron chi connectivity index (χ3n) is 1.54. The highest BCUT2D eigenvalue weighted by Gasteiger charge is 2.01. The van der Waals surface area contributed by atoms with Gasteiger partial charge >= 0.3 is 5.97 Å². The number of carbonyl (C=O) groups is 1. The second-order valence-corrected chi connectivity index (χ2v) is 2.66. The van der Waals surface area contributed by atoms with Gasteiger partial charge < -0.3 is 15.2 Å². The molecule has 0 saturated carbocycles. The molecule has 0 heterocycles. The van der Waals surface area contributed by atoms with Crippen LogP contribution < -0.4 is 10.5 Å². The van der Waals surface area contributed by atoms with E-state index in [1.807, 2.05) is 0 Å². The van der Waals surface area contributed by atoms with Crippen LogP contribution in [-0.4, -0.2) is 19.2 Å². The molecule has 0 aliphatic carbocycles. The Morgan fingerprint density at radius 1 is 1.33 bits per heavy atom. The van der Waals surface area contributed by atoms with Gasteiger partial charge in [0, 0.05) is 5.69 Å². The van der Waals surface area contributed by atoms with E-state index >= 15 is 0 Å². The van der Waals surface area contributed by atoms with Crippen molar-refractivity contribution in [3.8, 4) is 5.75 Å². The van der Waals surface area contributed by atoms with Crippen molar-refractivity contribution >= 4 is 24.1 Å². The van der Waals surface area contributed by atoms with Crippen LogP contribution in [0.25, 0.3) is 0 Å². The lowest BCUT2D eigenvalue weighted by atomic mass is 10.3. The van der Waals surface area contributed by atoms with Crippen LogP contribution in [0.2, 0.25) is 0 Å². The molecule has 2 N–H and O–H groups in total. The van der Waals surface area contributed by atoms with Gasteiger partial charge in [0.2, 0.25) is 0 Å². The number of rotatable bonds is 4. The van der Waals surface area contributed by atoms with Gasteiger partial charge in [0.25, 0.3) is 0 Å². The second-order valence-electron chi connectivity index (χ2n) is 2.66. The van der Waals surface area contributed by atoms with Crippen LogP contribution in [0.5, 0.6) is 5.75 Å². The molecule has 0 fully saturated rings. The molecule has 1 aromatic carbocycles. The lowest BCUT2D eigenvalue weighted by Gasteiger charge is -2.05. The molecule has 0 amide bonds. The number of hydrogen-bond acceptors (Lipinski definition) is 4. The second kappa shape index (κ2) is 6.95. The van der Waals surface area contributed by atoms with Crippen molar-refractivity contribution in [3.05, 3.63) is 24.3 Å². The molecular formula is C10H14ClNO3. The van der Waals surface area contributed by atoms with Crippen molar-refractivity contribution in [2.45, 2.75) is 6.92 Å². The molecule has 0 aromatic heterocycles. The van der Waals surface area contributed by atoms with E-state index in [4.69, 9.17) is 15.2 Å². The van der Waals surface area contributed by atoms with Crippen LogP contribution in [0.3, 0.4) is 0 Å². The summed E-state index contributed by atoms with van der Waals surface area (Å²) in [5.41, 5.74) is 6.14. The van der Waals surface area contributed by atoms with Crippen LogP contribution >= 0.6 is 12.4 Å². The van der Waals surface area contributed by atoms with Gasteiger partial charge in [0.1, 0.15) is 5.75 Å². The van der Waals surface area contributed by atoms with Gasteiger partial charge in [0.15, 0.2) is 6.61 Å². The Hall–Kier alpha value is -1.42. The average Bonchev–Trinajstić information content (AvgIpc) is 2.17. The molecule has 84 valence electrons. The zero-order valence-electron chi connectivity index (χ0n) is 8.43. The van der Waals surface area contributed by atoms with Crippen molar-refractivity contribution in [1.82, 2.24) is 0 Å². The number of benzene rings is 1. The first kappa shape index (κ1) is 13.6. The van der Waals surface area contributed by atoms with Gasteiger partial charge in [0.05, 0.1) is 6.61 Å². The van der Waals surface area contributed by atoms with Crippen LogP contribution in [0, 0.1) is 0 Å². The van der Waals surface area contributed by atoms with Crippen LogP contribution in [-0.2, 0) is 9.53 Å². The third-order valence-corrected chi connectivity index (χ3v) is 1.54. The summed E-state index contributed by atoms with van der Waals surface area (Å²) < 4.78 is 9.84. The molecule has 0 bridgehead atoms. The maximum Gasteiger partial charge on any atom is 0.344 e. The van der Waals surface area contributed by atoms with Crippen molar-refractivity contribution in [3.63, 3.8) is 0 Å². The highest BCUT2D eigenvalue weighted by Crippen LogP contribution is 2.12. The Labute approximate surface area is 94.8 Å². The topological polar surface area (TPSA) is 61.5 Å². The molecule has 15 heavy (non-hydrogen) atoms. The number of nitrogens with two attached hydrogens (primary N) is 1. The predicted molar refractivity (Wildman–Crippen MR) is 60.2 cm³/mol. The van der Waals surface area contributed by atoms with Crippen LogP contribution in [0.1, 0.15) is 6.92 Å². The SMILES string of the molecule is CCOC(=O)COc1ccc(N)cc1.Cl. The summed E-state index contributed by atoms with van der Waals surface area (Å²) in [6.07, 6.45) is 0. The van der Waals surface area contributed by atoms with Gasteiger partial charge in [-0.3, -0.25) is 0 Å². The van der Waals surface area contributed by atoms with Crippen molar-refractivity contribution < 1.29 is 14.3 Å². The Balaban J connectivity index is 0.00000196. The number of halogens is 1. The molecule has 0 aliphatic rings. The first-order valence-corrected chi connectivity index (χ1v) is 4.36. The van der Waals surface area contributed by atoms with E-state index in [-0.39, 0.29) is 25.0 Å². The minimum absolute atomic E-state index is 0.